The number of allylic oxidation sites excluding steroid dienone is 1. The van der Waals surface area contributed by atoms with E-state index in [2.05, 4.69) is 38.3 Å². The number of rotatable bonds is 5. The number of ether oxygens (including phenoxy) is 4. The number of nitrogens with zero attached hydrogens (tertiary/aromatic N) is 2. The molecule has 2 aromatic rings. The van der Waals surface area contributed by atoms with E-state index in [0.717, 1.165) is 55.9 Å². The van der Waals surface area contributed by atoms with Gasteiger partial charge in [0.2, 0.25) is 0 Å². The number of anilines is 1. The van der Waals surface area contributed by atoms with Crippen molar-refractivity contribution in [1.29, 1.82) is 0 Å². The Morgan fingerprint density at radius 3 is 2.78 bits per heavy atom. The monoisotopic (exact) mass is 739 g/mol. The maximum absolute atomic E-state index is 14.4. The highest BCUT2D eigenvalue weighted by molar-refractivity contribution is 7.92. The van der Waals surface area contributed by atoms with Crippen molar-refractivity contribution in [1.82, 2.24) is 4.72 Å². The Bertz CT molecular complexity index is 1770. The van der Waals surface area contributed by atoms with Crippen LogP contribution in [-0.2, 0) is 40.8 Å². The molecule has 1 saturated carbocycles. The van der Waals surface area contributed by atoms with Gasteiger partial charge in [-0.25, -0.2) is 4.21 Å². The number of carbonyl (C=O) groups excluding carboxylic acids is 2. The molecule has 10 nitrogen and oxygen atoms in total. The number of amides is 2. The van der Waals surface area contributed by atoms with Crippen LogP contribution < -0.4 is 14.4 Å². The van der Waals surface area contributed by atoms with Crippen molar-refractivity contribution in [3.05, 3.63) is 70.3 Å². The van der Waals surface area contributed by atoms with Crippen molar-refractivity contribution in [3.8, 4) is 5.75 Å². The van der Waals surface area contributed by atoms with Crippen LogP contribution in [0.15, 0.2) is 52.9 Å². The van der Waals surface area contributed by atoms with Crippen LogP contribution >= 0.6 is 11.6 Å². The van der Waals surface area contributed by atoms with Gasteiger partial charge < -0.3 is 23.8 Å². The van der Waals surface area contributed by atoms with Crippen LogP contribution in [0.2, 0.25) is 5.02 Å². The van der Waals surface area contributed by atoms with Crippen LogP contribution in [0.3, 0.4) is 0 Å². The van der Waals surface area contributed by atoms with Gasteiger partial charge in [-0.15, -0.1) is 4.36 Å². The molecule has 3 aliphatic heterocycles. The second-order valence-corrected chi connectivity index (χ2v) is 17.5. The molecule has 1 saturated heterocycles. The summed E-state index contributed by atoms with van der Waals surface area (Å²) >= 11 is 6.46. The first-order valence-corrected chi connectivity index (χ1v) is 20.5. The van der Waals surface area contributed by atoms with E-state index in [-0.39, 0.29) is 35.9 Å². The molecule has 276 valence electrons. The third kappa shape index (κ3) is 8.18. The minimum absolute atomic E-state index is 0.0158. The zero-order valence-electron chi connectivity index (χ0n) is 29.7. The number of carbonyl (C=O) groups is 2. The van der Waals surface area contributed by atoms with E-state index in [1.165, 1.54) is 11.1 Å². The molecule has 1 N–H and O–H groups in total. The van der Waals surface area contributed by atoms with Crippen LogP contribution in [0.1, 0.15) is 73.4 Å². The second kappa shape index (κ2) is 15.6. The van der Waals surface area contributed by atoms with Gasteiger partial charge in [0.15, 0.2) is 0 Å². The first-order chi connectivity index (χ1) is 24.6. The number of hydrogen-bond acceptors (Lipinski definition) is 8. The summed E-state index contributed by atoms with van der Waals surface area (Å²) in [4.78, 5) is 29.5. The number of methoxy groups -OCH3 is 1. The standard InChI is InChI=1S/C39H50ClN3O7S/c1-26-5-3-7-35(47-2)32-11-8-29(32)21-43-24-39(16-4-6-27-19-30(40)10-12-33(27)39)25-50-36-13-9-28(20-34(36)43)38(45)42-51(46,23-26)41-37(44)22-49-31-14-17-48-18-15-31/h3,7,9-10,12-13,19-20,26,29,31-32,35H,4-6,8,11,14-18,21-25H2,1-2H3,(H,41,42,44,45,46)/b7-3+/t26-,29-,32+,35-,39-,51?/m0/s1. The van der Waals surface area contributed by atoms with Gasteiger partial charge in [0.25, 0.3) is 11.8 Å². The maximum atomic E-state index is 14.4. The van der Waals surface area contributed by atoms with Crippen molar-refractivity contribution in [2.45, 2.75) is 75.9 Å². The molecule has 2 fully saturated rings. The Morgan fingerprint density at radius 1 is 1.16 bits per heavy atom. The lowest BCUT2D eigenvalue weighted by Gasteiger charge is -2.46. The quantitative estimate of drug-likeness (QED) is 0.356. The fraction of sp³-hybridized carbons (Fsp3) is 0.590. The molecule has 2 bridgehead atoms. The molecule has 7 rings (SSSR count). The molecule has 12 heteroatoms. The molecule has 2 aromatic carbocycles. The average molecular weight is 740 g/mol. The fourth-order valence-electron chi connectivity index (χ4n) is 8.61. The average Bonchev–Trinajstić information content (AvgIpc) is 3.25. The highest BCUT2D eigenvalue weighted by Crippen LogP contribution is 2.47. The van der Waals surface area contributed by atoms with E-state index in [0.29, 0.717) is 62.2 Å². The molecule has 6 atom stereocenters. The minimum Gasteiger partial charge on any atom is -0.490 e. The summed E-state index contributed by atoms with van der Waals surface area (Å²) < 4.78 is 45.2. The Morgan fingerprint density at radius 2 is 2.00 bits per heavy atom. The Kier molecular flexibility index (Phi) is 11.1. The van der Waals surface area contributed by atoms with Gasteiger partial charge in [0, 0.05) is 49.4 Å². The summed E-state index contributed by atoms with van der Waals surface area (Å²) in [5, 5.41) is 0.741. The second-order valence-electron chi connectivity index (χ2n) is 15.1. The number of fused-ring (bicyclic) bond motifs is 4. The number of aryl methyl sites for hydroxylation is 1. The van der Waals surface area contributed by atoms with Crippen molar-refractivity contribution in [2.24, 2.45) is 22.1 Å². The molecular formula is C39H50ClN3O7S. The number of hydrogen-bond donors (Lipinski definition) is 1. The lowest BCUT2D eigenvalue weighted by molar-refractivity contribution is -0.128. The summed E-state index contributed by atoms with van der Waals surface area (Å²) in [5.41, 5.74) is 3.41. The molecule has 0 radical (unpaired) electrons. The molecule has 2 amide bonds. The Hall–Kier alpha value is -2.96. The van der Waals surface area contributed by atoms with Gasteiger partial charge in [-0.1, -0.05) is 36.7 Å². The highest BCUT2D eigenvalue weighted by Gasteiger charge is 2.44. The van der Waals surface area contributed by atoms with Crippen molar-refractivity contribution < 1.29 is 32.7 Å². The highest BCUT2D eigenvalue weighted by atomic mass is 35.5. The molecule has 2 aliphatic carbocycles. The topological polar surface area (TPSA) is 116 Å². The third-order valence-corrected chi connectivity index (χ3v) is 13.7. The fourth-order valence-corrected chi connectivity index (χ4v) is 10.7. The summed E-state index contributed by atoms with van der Waals surface area (Å²) in [6, 6.07) is 11.6. The predicted octanol–water partition coefficient (Wildman–Crippen LogP) is 6.29. The van der Waals surface area contributed by atoms with Crippen LogP contribution in [0.4, 0.5) is 5.69 Å². The largest absolute Gasteiger partial charge is 0.490 e. The minimum atomic E-state index is -3.49. The van der Waals surface area contributed by atoms with Crippen LogP contribution in [0, 0.1) is 17.8 Å². The summed E-state index contributed by atoms with van der Waals surface area (Å²) in [7, 11) is -1.73. The normalized spacial score (nSPS) is 32.0. The zero-order valence-corrected chi connectivity index (χ0v) is 31.2. The van der Waals surface area contributed by atoms with E-state index in [1.54, 1.807) is 13.2 Å². The molecule has 1 spiro atoms. The van der Waals surface area contributed by atoms with E-state index in [4.69, 9.17) is 30.5 Å². The van der Waals surface area contributed by atoms with E-state index in [9.17, 15) is 13.8 Å². The van der Waals surface area contributed by atoms with Crippen LogP contribution in [0.25, 0.3) is 0 Å². The first kappa shape index (κ1) is 36.4. The van der Waals surface area contributed by atoms with Gasteiger partial charge >= 0.3 is 0 Å². The van der Waals surface area contributed by atoms with Crippen molar-refractivity contribution in [2.75, 3.05) is 57.3 Å². The van der Waals surface area contributed by atoms with Gasteiger partial charge in [-0.05, 0) is 111 Å². The molecule has 0 aromatic heterocycles. The lowest BCUT2D eigenvalue weighted by Crippen LogP contribution is -2.49. The van der Waals surface area contributed by atoms with Gasteiger partial charge in [-0.2, -0.15) is 0 Å². The van der Waals surface area contributed by atoms with E-state index < -0.39 is 21.7 Å². The molecule has 3 heterocycles. The predicted molar refractivity (Wildman–Crippen MR) is 198 cm³/mol. The van der Waals surface area contributed by atoms with E-state index in [1.807, 2.05) is 25.1 Å². The lowest BCUT2D eigenvalue weighted by atomic mass is 9.68. The van der Waals surface area contributed by atoms with Crippen LogP contribution in [0.5, 0.6) is 5.75 Å². The Labute approximate surface area is 306 Å². The molecule has 51 heavy (non-hydrogen) atoms. The first-order valence-electron chi connectivity index (χ1n) is 18.4. The summed E-state index contributed by atoms with van der Waals surface area (Å²) in [6.07, 6.45) is 11.2. The number of nitrogens with one attached hydrogen (secondary N) is 1. The molecule has 1 unspecified atom stereocenters. The van der Waals surface area contributed by atoms with Crippen molar-refractivity contribution >= 4 is 39.0 Å². The van der Waals surface area contributed by atoms with Gasteiger partial charge in [-0.3, -0.25) is 14.3 Å². The SMILES string of the molecule is CO[C@H]1/C=C/C[C@H](C)CS(=O)(NC(=O)COC2CCOCC2)=NC(=O)c2ccc3c(c2)N(C[C@@H]2CC[C@H]21)C[C@@]1(CCCc2cc(Cl)ccc21)CO3. The number of benzene rings is 2. The summed E-state index contributed by atoms with van der Waals surface area (Å²) in [5.74, 6) is 0.124. The number of halogens is 1. The third-order valence-electron chi connectivity index (χ3n) is 11.4. The molecular weight excluding hydrogens is 690 g/mol. The Balaban J connectivity index is 1.24. The van der Waals surface area contributed by atoms with Gasteiger partial charge in [0.1, 0.15) is 22.3 Å². The molecule has 5 aliphatic rings. The van der Waals surface area contributed by atoms with E-state index >= 15 is 0 Å². The smallest absolute Gasteiger partial charge is 0.286 e. The van der Waals surface area contributed by atoms with Crippen molar-refractivity contribution in [3.63, 3.8) is 0 Å². The zero-order chi connectivity index (χ0) is 35.6. The van der Waals surface area contributed by atoms with Crippen LogP contribution in [-0.4, -0.2) is 80.6 Å². The maximum Gasteiger partial charge on any atom is 0.286 e. The summed E-state index contributed by atoms with van der Waals surface area (Å²) in [6.45, 7) is 4.86. The van der Waals surface area contributed by atoms with Gasteiger partial charge in [0.05, 0.1) is 30.3 Å².